The van der Waals surface area contributed by atoms with E-state index in [1.54, 1.807) is 7.11 Å². The lowest BCUT2D eigenvalue weighted by Crippen LogP contribution is -2.17. The SMILES string of the molecule is CC/C=C/c1ccnc2c(NC(C)CCCN)cc(OC)cc12.O=C(O)/C=C/C(=O)O. The molecule has 0 aliphatic carbocycles. The predicted octanol–water partition coefficient (Wildman–Crippen LogP) is 3.92. The molecule has 1 aromatic carbocycles. The number of benzene rings is 1. The van der Waals surface area contributed by atoms with Crippen molar-refractivity contribution < 1.29 is 24.5 Å². The first kappa shape index (κ1) is 25.6. The van der Waals surface area contributed by atoms with E-state index >= 15 is 0 Å². The number of hydrogen-bond donors (Lipinski definition) is 4. The number of aromatic nitrogens is 1. The van der Waals surface area contributed by atoms with Gasteiger partial charge in [0.25, 0.3) is 0 Å². The van der Waals surface area contributed by atoms with Crippen LogP contribution in [0.5, 0.6) is 5.75 Å². The molecule has 2 rings (SSSR count). The lowest BCUT2D eigenvalue weighted by atomic mass is 10.1. The molecule has 0 bridgehead atoms. The standard InChI is InChI=1S/C19H27N3O.C4H4O4/c1-4-5-8-15-9-11-21-19-17(15)12-16(23-3)13-18(19)22-14(2)7-6-10-20;5-3(6)1-2-4(7)8/h5,8-9,11-14,22H,4,6-7,10,20H2,1-3H3;1-2H,(H,5,6)(H,7,8)/b8-5+;2-1+. The topological polar surface area (TPSA) is 135 Å². The molecule has 1 aromatic heterocycles. The third-order valence-electron chi connectivity index (χ3n) is 4.23. The van der Waals surface area contributed by atoms with E-state index in [2.05, 4.69) is 36.3 Å². The maximum atomic E-state index is 9.55. The Morgan fingerprint density at radius 2 is 1.94 bits per heavy atom. The third kappa shape index (κ3) is 9.31. The minimum Gasteiger partial charge on any atom is -0.497 e. The molecular formula is C23H31N3O5. The molecule has 0 radical (unpaired) electrons. The van der Waals surface area contributed by atoms with Gasteiger partial charge in [-0.05, 0) is 50.4 Å². The zero-order chi connectivity index (χ0) is 23.2. The third-order valence-corrected chi connectivity index (χ3v) is 4.23. The van der Waals surface area contributed by atoms with Gasteiger partial charge in [-0.15, -0.1) is 0 Å². The second-order valence-corrected chi connectivity index (χ2v) is 6.77. The summed E-state index contributed by atoms with van der Waals surface area (Å²) in [5, 5.41) is 20.3. The van der Waals surface area contributed by atoms with E-state index in [1.807, 2.05) is 24.4 Å². The largest absolute Gasteiger partial charge is 0.497 e. The number of carboxylic acid groups (broad SMARTS) is 2. The van der Waals surface area contributed by atoms with Crippen molar-refractivity contribution in [2.24, 2.45) is 5.73 Å². The first-order valence-electron chi connectivity index (χ1n) is 10.1. The maximum Gasteiger partial charge on any atom is 0.328 e. The van der Waals surface area contributed by atoms with Gasteiger partial charge in [0.2, 0.25) is 0 Å². The summed E-state index contributed by atoms with van der Waals surface area (Å²) in [6.45, 7) is 5.02. The molecule has 5 N–H and O–H groups in total. The summed E-state index contributed by atoms with van der Waals surface area (Å²) < 4.78 is 5.47. The predicted molar refractivity (Wildman–Crippen MR) is 123 cm³/mol. The van der Waals surface area contributed by atoms with Crippen molar-refractivity contribution in [1.29, 1.82) is 0 Å². The Hall–Kier alpha value is -3.39. The molecule has 0 amide bonds. The van der Waals surface area contributed by atoms with Crippen molar-refractivity contribution in [2.45, 2.75) is 39.2 Å². The first-order valence-corrected chi connectivity index (χ1v) is 10.1. The normalized spacial score (nSPS) is 11.9. The number of rotatable bonds is 10. The van der Waals surface area contributed by atoms with Crippen LogP contribution in [0.15, 0.2) is 42.6 Å². The number of nitrogens with zero attached hydrogens (tertiary/aromatic N) is 1. The second kappa shape index (κ2) is 13.8. The lowest BCUT2D eigenvalue weighted by Gasteiger charge is -2.17. The van der Waals surface area contributed by atoms with Gasteiger partial charge < -0.3 is 26.0 Å². The quantitative estimate of drug-likeness (QED) is 0.417. The van der Waals surface area contributed by atoms with Gasteiger partial charge in [-0.25, -0.2) is 9.59 Å². The van der Waals surface area contributed by atoms with Crippen LogP contribution in [0.1, 0.15) is 38.7 Å². The molecule has 8 nitrogen and oxygen atoms in total. The summed E-state index contributed by atoms with van der Waals surface area (Å²) in [4.78, 5) is 23.7. The summed E-state index contributed by atoms with van der Waals surface area (Å²) in [6, 6.07) is 6.44. The summed E-state index contributed by atoms with van der Waals surface area (Å²) >= 11 is 0. The number of aliphatic carboxylic acids is 2. The number of nitrogens with two attached hydrogens (primary N) is 1. The van der Waals surface area contributed by atoms with E-state index in [9.17, 15) is 9.59 Å². The number of methoxy groups -OCH3 is 1. The Bertz CT molecular complexity index is 909. The average molecular weight is 430 g/mol. The van der Waals surface area contributed by atoms with Crippen LogP contribution >= 0.6 is 0 Å². The molecular weight excluding hydrogens is 398 g/mol. The molecule has 0 fully saturated rings. The van der Waals surface area contributed by atoms with Gasteiger partial charge in [-0.1, -0.05) is 19.1 Å². The summed E-state index contributed by atoms with van der Waals surface area (Å²) in [5.74, 6) is -1.68. The maximum absolute atomic E-state index is 9.55. The number of allylic oxidation sites excluding steroid dienone is 1. The second-order valence-electron chi connectivity index (χ2n) is 6.77. The molecule has 2 aromatic rings. The van der Waals surface area contributed by atoms with E-state index in [1.165, 1.54) is 0 Å². The fourth-order valence-corrected chi connectivity index (χ4v) is 2.77. The van der Waals surface area contributed by atoms with Crippen LogP contribution in [0.3, 0.4) is 0 Å². The molecule has 0 aliphatic heterocycles. The van der Waals surface area contributed by atoms with E-state index in [4.69, 9.17) is 20.7 Å². The number of fused-ring (bicyclic) bond motifs is 1. The summed E-state index contributed by atoms with van der Waals surface area (Å²) in [6.07, 6.45) is 10.3. The molecule has 8 heteroatoms. The Labute approximate surface area is 182 Å². The summed E-state index contributed by atoms with van der Waals surface area (Å²) in [7, 11) is 1.70. The van der Waals surface area contributed by atoms with Crippen LogP contribution in [0.25, 0.3) is 17.0 Å². The average Bonchev–Trinajstić information content (AvgIpc) is 2.75. The highest BCUT2D eigenvalue weighted by Crippen LogP contribution is 2.31. The minimum atomic E-state index is -1.26. The molecule has 1 unspecified atom stereocenters. The number of hydrogen-bond acceptors (Lipinski definition) is 6. The van der Waals surface area contributed by atoms with Crippen LogP contribution in [0.4, 0.5) is 5.69 Å². The van der Waals surface area contributed by atoms with Gasteiger partial charge in [-0.3, -0.25) is 4.98 Å². The van der Waals surface area contributed by atoms with Gasteiger partial charge in [0.05, 0.1) is 18.3 Å². The van der Waals surface area contributed by atoms with Crippen molar-refractivity contribution in [3.05, 3.63) is 48.2 Å². The van der Waals surface area contributed by atoms with Crippen molar-refractivity contribution in [3.63, 3.8) is 0 Å². The number of carbonyl (C=O) groups is 2. The Kier molecular flexibility index (Phi) is 11.4. The van der Waals surface area contributed by atoms with Gasteiger partial charge in [0.1, 0.15) is 5.75 Å². The minimum absolute atomic E-state index is 0.338. The van der Waals surface area contributed by atoms with Crippen LogP contribution in [0, 0.1) is 0 Å². The number of carboxylic acids is 2. The van der Waals surface area contributed by atoms with Crippen molar-refractivity contribution in [1.82, 2.24) is 4.98 Å². The van der Waals surface area contributed by atoms with E-state index in [0.717, 1.165) is 53.7 Å². The van der Waals surface area contributed by atoms with Crippen LogP contribution in [0.2, 0.25) is 0 Å². The monoisotopic (exact) mass is 429 g/mol. The van der Waals surface area contributed by atoms with Gasteiger partial charge in [0.15, 0.2) is 0 Å². The Morgan fingerprint density at radius 1 is 1.26 bits per heavy atom. The molecule has 168 valence electrons. The van der Waals surface area contributed by atoms with Gasteiger partial charge >= 0.3 is 11.9 Å². The number of anilines is 1. The smallest absolute Gasteiger partial charge is 0.328 e. The number of pyridine rings is 1. The molecule has 0 saturated carbocycles. The number of ether oxygens (including phenoxy) is 1. The van der Waals surface area contributed by atoms with Gasteiger partial charge in [0, 0.05) is 35.8 Å². The number of nitrogens with one attached hydrogen (secondary N) is 1. The zero-order valence-electron chi connectivity index (χ0n) is 18.2. The molecule has 0 saturated heterocycles. The molecule has 0 aliphatic rings. The van der Waals surface area contributed by atoms with Crippen LogP contribution in [-0.4, -0.2) is 46.8 Å². The van der Waals surface area contributed by atoms with Crippen molar-refractivity contribution in [2.75, 3.05) is 19.0 Å². The van der Waals surface area contributed by atoms with E-state index < -0.39 is 11.9 Å². The molecule has 1 atom stereocenters. The van der Waals surface area contributed by atoms with Gasteiger partial charge in [-0.2, -0.15) is 0 Å². The molecule has 0 spiro atoms. The zero-order valence-corrected chi connectivity index (χ0v) is 18.2. The fraction of sp³-hybridized carbons (Fsp3) is 0.348. The van der Waals surface area contributed by atoms with Crippen LogP contribution in [-0.2, 0) is 9.59 Å². The Morgan fingerprint density at radius 3 is 2.48 bits per heavy atom. The molecule has 1 heterocycles. The van der Waals surface area contributed by atoms with Crippen molar-refractivity contribution in [3.8, 4) is 5.75 Å². The van der Waals surface area contributed by atoms with E-state index in [0.29, 0.717) is 18.2 Å². The summed E-state index contributed by atoms with van der Waals surface area (Å²) in [5.41, 5.74) is 8.75. The lowest BCUT2D eigenvalue weighted by molar-refractivity contribution is -0.134. The highest BCUT2D eigenvalue weighted by atomic mass is 16.5. The highest BCUT2D eigenvalue weighted by molar-refractivity contribution is 5.97. The molecule has 31 heavy (non-hydrogen) atoms. The Balaban J connectivity index is 0.000000512. The first-order chi connectivity index (χ1) is 14.8. The highest BCUT2D eigenvalue weighted by Gasteiger charge is 2.11. The van der Waals surface area contributed by atoms with Crippen LogP contribution < -0.4 is 15.8 Å². The van der Waals surface area contributed by atoms with Crippen molar-refractivity contribution >= 4 is 34.6 Å². The van der Waals surface area contributed by atoms with E-state index in [-0.39, 0.29) is 0 Å². The fourth-order valence-electron chi connectivity index (χ4n) is 2.77.